The largest absolute Gasteiger partial charge is 0.384 e. The van der Waals surface area contributed by atoms with E-state index < -0.39 is 0 Å². The average Bonchev–Trinajstić information content (AvgIpc) is 2.96. The van der Waals surface area contributed by atoms with Crippen LogP contribution in [0, 0.1) is 18.8 Å². The van der Waals surface area contributed by atoms with E-state index in [4.69, 9.17) is 5.11 Å². The molecule has 3 N–H and O–H groups in total. The molecular weight excluding hydrogens is 254 g/mol. The summed E-state index contributed by atoms with van der Waals surface area (Å²) in [6.07, 6.45) is 3.33. The molecule has 1 aromatic carbocycles. The molecule has 0 aliphatic heterocycles. The number of hydrogen-bond acceptors (Lipinski definition) is 3. The fraction of sp³-hybridized carbons (Fsp3) is 0.200. The number of aliphatic hydroxyl groups excluding tert-OH is 1. The Kier molecular flexibility index (Phi) is 4.53. The van der Waals surface area contributed by atoms with Gasteiger partial charge in [0.2, 0.25) is 0 Å². The molecule has 0 saturated carbocycles. The summed E-state index contributed by atoms with van der Waals surface area (Å²) in [5, 5.41) is 11.5. The van der Waals surface area contributed by atoms with Crippen LogP contribution in [-0.4, -0.2) is 27.6 Å². The summed E-state index contributed by atoms with van der Waals surface area (Å²) < 4.78 is 0. The predicted molar refractivity (Wildman–Crippen MR) is 74.9 cm³/mol. The topological polar surface area (TPSA) is 78.0 Å². The monoisotopic (exact) mass is 269 g/mol. The number of rotatable bonds is 3. The van der Waals surface area contributed by atoms with E-state index in [1.807, 2.05) is 19.1 Å². The minimum absolute atomic E-state index is 0.219. The second-order valence-corrected chi connectivity index (χ2v) is 4.23. The van der Waals surface area contributed by atoms with Crippen molar-refractivity contribution in [2.75, 3.05) is 6.61 Å². The van der Waals surface area contributed by atoms with Crippen molar-refractivity contribution in [3.8, 4) is 11.8 Å². The number of aromatic nitrogens is 2. The van der Waals surface area contributed by atoms with E-state index in [-0.39, 0.29) is 12.5 Å². The van der Waals surface area contributed by atoms with Crippen LogP contribution in [0.15, 0.2) is 30.6 Å². The van der Waals surface area contributed by atoms with Gasteiger partial charge in [0.05, 0.1) is 12.1 Å². The van der Waals surface area contributed by atoms with E-state index in [1.54, 1.807) is 18.5 Å². The molecule has 0 unspecified atom stereocenters. The van der Waals surface area contributed by atoms with Crippen molar-refractivity contribution in [2.24, 2.45) is 0 Å². The first-order valence-corrected chi connectivity index (χ1v) is 6.17. The third-order valence-corrected chi connectivity index (χ3v) is 2.69. The molecule has 5 nitrogen and oxygen atoms in total. The maximum atomic E-state index is 12.2. The van der Waals surface area contributed by atoms with Gasteiger partial charge in [-0.25, -0.2) is 4.98 Å². The first kappa shape index (κ1) is 13.8. The quantitative estimate of drug-likeness (QED) is 0.727. The minimum atomic E-state index is -0.235. The highest BCUT2D eigenvalue weighted by atomic mass is 16.2. The number of aromatic amines is 1. The van der Waals surface area contributed by atoms with Crippen LogP contribution >= 0.6 is 0 Å². The summed E-state index contributed by atoms with van der Waals surface area (Å²) in [7, 11) is 0. The van der Waals surface area contributed by atoms with Crippen molar-refractivity contribution in [3.05, 3.63) is 53.1 Å². The van der Waals surface area contributed by atoms with Gasteiger partial charge >= 0.3 is 0 Å². The molecule has 2 rings (SSSR count). The highest BCUT2D eigenvalue weighted by Crippen LogP contribution is 2.11. The van der Waals surface area contributed by atoms with Gasteiger partial charge in [-0.2, -0.15) is 0 Å². The zero-order valence-electron chi connectivity index (χ0n) is 11.1. The molecule has 0 aliphatic rings. The van der Waals surface area contributed by atoms with Gasteiger partial charge in [-0.3, -0.25) is 4.79 Å². The van der Waals surface area contributed by atoms with Crippen LogP contribution < -0.4 is 5.32 Å². The van der Waals surface area contributed by atoms with Gasteiger partial charge in [-0.1, -0.05) is 17.9 Å². The Labute approximate surface area is 117 Å². The number of imidazole rings is 1. The first-order chi connectivity index (χ1) is 9.70. The fourth-order valence-corrected chi connectivity index (χ4v) is 1.75. The number of carbonyl (C=O) groups is 1. The summed E-state index contributed by atoms with van der Waals surface area (Å²) >= 11 is 0. The molecule has 20 heavy (non-hydrogen) atoms. The van der Waals surface area contributed by atoms with Crippen molar-refractivity contribution in [3.63, 3.8) is 0 Å². The normalized spacial score (nSPS) is 9.70. The van der Waals surface area contributed by atoms with Crippen LogP contribution in [0.5, 0.6) is 0 Å². The van der Waals surface area contributed by atoms with Crippen molar-refractivity contribution >= 4 is 5.91 Å². The molecular formula is C15H15N3O2. The van der Waals surface area contributed by atoms with Gasteiger partial charge in [0, 0.05) is 18.0 Å². The summed E-state index contributed by atoms with van der Waals surface area (Å²) in [5.41, 5.74) is 2.11. The van der Waals surface area contributed by atoms with Crippen molar-refractivity contribution in [2.45, 2.75) is 13.5 Å². The molecule has 0 saturated heterocycles. The number of nitrogens with zero attached hydrogens (tertiary/aromatic N) is 1. The average molecular weight is 269 g/mol. The van der Waals surface area contributed by atoms with Crippen LogP contribution in [0.2, 0.25) is 0 Å². The molecule has 1 amide bonds. The van der Waals surface area contributed by atoms with E-state index in [1.165, 1.54) is 0 Å². The molecule has 0 radical (unpaired) electrons. The number of amides is 1. The number of hydrogen-bond donors (Lipinski definition) is 3. The number of benzene rings is 1. The maximum absolute atomic E-state index is 12.2. The molecule has 0 aliphatic carbocycles. The van der Waals surface area contributed by atoms with E-state index in [0.29, 0.717) is 23.5 Å². The summed E-state index contributed by atoms with van der Waals surface area (Å²) in [6, 6.07) is 5.41. The Balaban J connectivity index is 2.16. The van der Waals surface area contributed by atoms with Gasteiger partial charge in [0.1, 0.15) is 12.4 Å². The molecule has 0 spiro atoms. The lowest BCUT2D eigenvalue weighted by Crippen LogP contribution is -2.24. The van der Waals surface area contributed by atoms with Gasteiger partial charge in [-0.05, 0) is 24.6 Å². The highest BCUT2D eigenvalue weighted by molar-refractivity contribution is 5.96. The molecule has 2 aromatic rings. The lowest BCUT2D eigenvalue weighted by molar-refractivity contribution is 0.0949. The highest BCUT2D eigenvalue weighted by Gasteiger charge is 2.10. The van der Waals surface area contributed by atoms with E-state index in [9.17, 15) is 4.79 Å². The first-order valence-electron chi connectivity index (χ1n) is 6.17. The molecule has 0 atom stereocenters. The molecule has 1 aromatic heterocycles. The van der Waals surface area contributed by atoms with E-state index in [0.717, 1.165) is 5.56 Å². The van der Waals surface area contributed by atoms with Crippen LogP contribution in [0.25, 0.3) is 0 Å². The third-order valence-electron chi connectivity index (χ3n) is 2.69. The second-order valence-electron chi connectivity index (χ2n) is 4.23. The second kappa shape index (κ2) is 6.55. The lowest BCUT2D eigenvalue weighted by atomic mass is 10.0. The number of H-pyrrole nitrogens is 1. The van der Waals surface area contributed by atoms with Crippen LogP contribution in [-0.2, 0) is 6.54 Å². The predicted octanol–water partition coefficient (Wildman–Crippen LogP) is 0.992. The summed E-state index contributed by atoms with van der Waals surface area (Å²) in [6.45, 7) is 2.02. The molecule has 5 heteroatoms. The van der Waals surface area contributed by atoms with E-state index >= 15 is 0 Å². The van der Waals surface area contributed by atoms with Crippen molar-refractivity contribution < 1.29 is 9.90 Å². The minimum Gasteiger partial charge on any atom is -0.384 e. The number of carbonyl (C=O) groups excluding carboxylic acids is 1. The molecule has 0 fully saturated rings. The zero-order chi connectivity index (χ0) is 14.4. The molecule has 102 valence electrons. The Morgan fingerprint density at radius 1 is 1.50 bits per heavy atom. The Hall–Kier alpha value is -2.58. The van der Waals surface area contributed by atoms with Gasteiger partial charge in [-0.15, -0.1) is 0 Å². The molecule has 1 heterocycles. The van der Waals surface area contributed by atoms with Crippen LogP contribution in [0.4, 0.5) is 0 Å². The van der Waals surface area contributed by atoms with Gasteiger partial charge in [0.15, 0.2) is 0 Å². The van der Waals surface area contributed by atoms with Crippen LogP contribution in [0.1, 0.15) is 27.3 Å². The number of nitrogens with one attached hydrogen (secondary N) is 2. The Morgan fingerprint density at radius 2 is 2.35 bits per heavy atom. The maximum Gasteiger partial charge on any atom is 0.252 e. The smallest absolute Gasteiger partial charge is 0.252 e. The molecule has 0 bridgehead atoms. The van der Waals surface area contributed by atoms with Crippen molar-refractivity contribution in [1.82, 2.24) is 15.3 Å². The number of aryl methyl sites for hydroxylation is 1. The summed E-state index contributed by atoms with van der Waals surface area (Å²) in [5.74, 6) is 5.83. The third kappa shape index (κ3) is 3.46. The van der Waals surface area contributed by atoms with Crippen LogP contribution in [0.3, 0.4) is 0 Å². The van der Waals surface area contributed by atoms with Gasteiger partial charge < -0.3 is 15.4 Å². The lowest BCUT2D eigenvalue weighted by Gasteiger charge is -2.06. The van der Waals surface area contributed by atoms with Crippen molar-refractivity contribution in [1.29, 1.82) is 0 Å². The van der Waals surface area contributed by atoms with E-state index in [2.05, 4.69) is 27.1 Å². The zero-order valence-corrected chi connectivity index (χ0v) is 11.1. The Bertz CT molecular complexity index is 651. The fourth-order valence-electron chi connectivity index (χ4n) is 1.75. The standard InChI is InChI=1S/C15H15N3O2/c1-11-4-5-13(12(9-11)3-2-8-19)15(20)18-10-14-16-6-7-17-14/h4-7,9,19H,8,10H2,1H3,(H,16,17)(H,18,20). The Morgan fingerprint density at radius 3 is 3.05 bits per heavy atom. The summed E-state index contributed by atoms with van der Waals surface area (Å²) in [4.78, 5) is 19.1. The van der Waals surface area contributed by atoms with Gasteiger partial charge in [0.25, 0.3) is 5.91 Å². The SMILES string of the molecule is Cc1ccc(C(=O)NCc2ncc[nH]2)c(C#CCO)c1. The number of aliphatic hydroxyl groups is 1.